The largest absolute Gasteiger partial charge is 0.385 e. The van der Waals surface area contributed by atoms with Crippen LogP contribution in [-0.2, 0) is 11.2 Å². The van der Waals surface area contributed by atoms with Gasteiger partial charge in [-0.05, 0) is 24.5 Å². The minimum absolute atomic E-state index is 0.211. The van der Waals surface area contributed by atoms with Crippen molar-refractivity contribution in [1.29, 1.82) is 0 Å². The molecule has 3 N–H and O–H groups in total. The summed E-state index contributed by atoms with van der Waals surface area (Å²) in [5, 5.41) is 6.88. The summed E-state index contributed by atoms with van der Waals surface area (Å²) in [5.41, 5.74) is 5.05. The lowest BCUT2D eigenvalue weighted by molar-refractivity contribution is 0.194. The quantitative estimate of drug-likeness (QED) is 0.547. The molecular weight excluding hydrogens is 326 g/mol. The van der Waals surface area contributed by atoms with E-state index in [1.54, 1.807) is 7.11 Å². The average molecular weight is 351 g/mol. The van der Waals surface area contributed by atoms with E-state index in [1.807, 2.05) is 24.3 Å². The normalized spacial score (nSPS) is 10.8. The maximum absolute atomic E-state index is 12.3. The lowest BCUT2D eigenvalue weighted by atomic mass is 10.1. The first-order chi connectivity index (χ1) is 12.7. The topological polar surface area (TPSA) is 66.2 Å². The fraction of sp³-hybridized carbons (Fsp3) is 0.286. The summed E-state index contributed by atoms with van der Waals surface area (Å²) >= 11 is 0. The van der Waals surface area contributed by atoms with Crippen LogP contribution in [0.4, 0.5) is 10.5 Å². The Morgan fingerprint density at radius 2 is 1.88 bits per heavy atom. The van der Waals surface area contributed by atoms with Crippen LogP contribution in [-0.4, -0.2) is 31.3 Å². The van der Waals surface area contributed by atoms with E-state index in [4.69, 9.17) is 4.74 Å². The van der Waals surface area contributed by atoms with Crippen molar-refractivity contribution in [1.82, 2.24) is 10.3 Å². The molecule has 0 aliphatic carbocycles. The van der Waals surface area contributed by atoms with Gasteiger partial charge in [0.05, 0.1) is 11.4 Å². The minimum atomic E-state index is -0.211. The number of aromatic nitrogens is 1. The Morgan fingerprint density at radius 3 is 2.62 bits per heavy atom. The van der Waals surface area contributed by atoms with Crippen LogP contribution < -0.4 is 10.6 Å². The molecule has 2 aromatic carbocycles. The van der Waals surface area contributed by atoms with Crippen molar-refractivity contribution in [3.05, 3.63) is 54.1 Å². The van der Waals surface area contributed by atoms with Gasteiger partial charge in [0.15, 0.2) is 0 Å². The molecule has 26 heavy (non-hydrogen) atoms. The van der Waals surface area contributed by atoms with Crippen LogP contribution in [0.1, 0.15) is 18.9 Å². The Labute approximate surface area is 153 Å². The Kier molecular flexibility index (Phi) is 5.92. The lowest BCUT2D eigenvalue weighted by Crippen LogP contribution is -2.30. The molecule has 1 aromatic heterocycles. The number of H-pyrrole nitrogens is 1. The Hall–Kier alpha value is -2.79. The number of carbonyl (C=O) groups is 1. The van der Waals surface area contributed by atoms with Crippen molar-refractivity contribution < 1.29 is 9.53 Å². The molecule has 0 radical (unpaired) electrons. The second-order valence-electron chi connectivity index (χ2n) is 6.20. The maximum Gasteiger partial charge on any atom is 0.319 e. The molecule has 0 bridgehead atoms. The fourth-order valence-corrected chi connectivity index (χ4v) is 2.97. The molecule has 0 spiro atoms. The van der Waals surface area contributed by atoms with Gasteiger partial charge in [0, 0.05) is 36.7 Å². The summed E-state index contributed by atoms with van der Waals surface area (Å²) < 4.78 is 5.01. The number of carbonyl (C=O) groups excluding carboxylic acids is 1. The number of anilines is 1. The molecule has 0 aliphatic heterocycles. The highest BCUT2D eigenvalue weighted by molar-refractivity contribution is 6.07. The van der Waals surface area contributed by atoms with Crippen molar-refractivity contribution in [3.63, 3.8) is 0 Å². The smallest absolute Gasteiger partial charge is 0.319 e. The van der Waals surface area contributed by atoms with Crippen LogP contribution in [0.15, 0.2) is 48.5 Å². The van der Waals surface area contributed by atoms with E-state index in [0.717, 1.165) is 40.7 Å². The van der Waals surface area contributed by atoms with Gasteiger partial charge in [-0.2, -0.15) is 0 Å². The summed E-state index contributed by atoms with van der Waals surface area (Å²) in [6.07, 6.45) is 1.78. The van der Waals surface area contributed by atoms with Gasteiger partial charge in [-0.1, -0.05) is 49.4 Å². The monoisotopic (exact) mass is 351 g/mol. The van der Waals surface area contributed by atoms with E-state index < -0.39 is 0 Å². The molecule has 0 aliphatic rings. The number of para-hydroxylation sites is 1. The molecule has 0 fully saturated rings. The fourth-order valence-electron chi connectivity index (χ4n) is 2.97. The third-order valence-corrected chi connectivity index (χ3v) is 4.41. The lowest BCUT2D eigenvalue weighted by Gasteiger charge is -2.10. The molecule has 2 amide bonds. The number of rotatable bonds is 7. The van der Waals surface area contributed by atoms with E-state index >= 15 is 0 Å². The van der Waals surface area contributed by atoms with Gasteiger partial charge in [0.2, 0.25) is 0 Å². The average Bonchev–Trinajstić information content (AvgIpc) is 3.04. The molecular formula is C21H25N3O2. The van der Waals surface area contributed by atoms with Gasteiger partial charge in [-0.3, -0.25) is 0 Å². The zero-order valence-electron chi connectivity index (χ0n) is 15.3. The molecule has 3 rings (SSSR count). The predicted octanol–water partition coefficient (Wildman–Crippen LogP) is 4.56. The number of nitrogens with one attached hydrogen (secondary N) is 3. The first-order valence-electron chi connectivity index (χ1n) is 8.96. The van der Waals surface area contributed by atoms with Gasteiger partial charge in [0.25, 0.3) is 0 Å². The van der Waals surface area contributed by atoms with Crippen molar-refractivity contribution in [3.8, 4) is 11.3 Å². The Bertz CT molecular complexity index is 869. The second-order valence-corrected chi connectivity index (χ2v) is 6.20. The van der Waals surface area contributed by atoms with E-state index in [9.17, 15) is 4.79 Å². The van der Waals surface area contributed by atoms with Crippen molar-refractivity contribution in [2.24, 2.45) is 0 Å². The highest BCUT2D eigenvalue weighted by atomic mass is 16.5. The van der Waals surface area contributed by atoms with Gasteiger partial charge < -0.3 is 20.4 Å². The first-order valence-corrected chi connectivity index (χ1v) is 8.96. The molecule has 3 aromatic rings. The van der Waals surface area contributed by atoms with E-state index in [-0.39, 0.29) is 6.03 Å². The number of methoxy groups -OCH3 is 1. The van der Waals surface area contributed by atoms with Crippen molar-refractivity contribution in [2.45, 2.75) is 19.8 Å². The SMILES string of the molecule is CCc1ccc(-c2[nH]c3ccccc3c2NC(=O)NCCCOC)cc1. The van der Waals surface area contributed by atoms with Crippen LogP contribution in [0.5, 0.6) is 0 Å². The predicted molar refractivity (Wildman–Crippen MR) is 107 cm³/mol. The Morgan fingerprint density at radius 1 is 1.12 bits per heavy atom. The number of hydrogen-bond acceptors (Lipinski definition) is 2. The number of fused-ring (bicyclic) bond motifs is 1. The molecule has 0 unspecified atom stereocenters. The summed E-state index contributed by atoms with van der Waals surface area (Å²) in [6.45, 7) is 3.34. The zero-order valence-corrected chi connectivity index (χ0v) is 15.3. The number of amides is 2. The molecule has 136 valence electrons. The summed E-state index contributed by atoms with van der Waals surface area (Å²) in [4.78, 5) is 15.8. The molecule has 0 atom stereocenters. The van der Waals surface area contributed by atoms with Crippen molar-refractivity contribution in [2.75, 3.05) is 25.6 Å². The highest BCUT2D eigenvalue weighted by Crippen LogP contribution is 2.35. The summed E-state index contributed by atoms with van der Waals surface area (Å²) in [7, 11) is 1.65. The minimum Gasteiger partial charge on any atom is -0.385 e. The third-order valence-electron chi connectivity index (χ3n) is 4.41. The Balaban J connectivity index is 1.88. The van der Waals surface area contributed by atoms with Gasteiger partial charge >= 0.3 is 6.03 Å². The number of hydrogen-bond donors (Lipinski definition) is 3. The van der Waals surface area contributed by atoms with Gasteiger partial charge in [-0.15, -0.1) is 0 Å². The van der Waals surface area contributed by atoms with E-state index in [2.05, 4.69) is 46.8 Å². The van der Waals surface area contributed by atoms with Gasteiger partial charge in [0.1, 0.15) is 0 Å². The van der Waals surface area contributed by atoms with Crippen LogP contribution in [0.3, 0.4) is 0 Å². The molecule has 0 saturated heterocycles. The maximum atomic E-state index is 12.3. The van der Waals surface area contributed by atoms with Crippen LogP contribution in [0.2, 0.25) is 0 Å². The summed E-state index contributed by atoms with van der Waals surface area (Å²) in [6, 6.07) is 16.2. The number of aromatic amines is 1. The number of aryl methyl sites for hydroxylation is 1. The van der Waals surface area contributed by atoms with E-state index in [1.165, 1.54) is 5.56 Å². The second kappa shape index (κ2) is 8.54. The zero-order chi connectivity index (χ0) is 18.4. The summed E-state index contributed by atoms with van der Waals surface area (Å²) in [5.74, 6) is 0. The standard InChI is InChI=1S/C21H25N3O2/c1-3-15-9-11-16(12-10-15)19-20(17-7-4-5-8-18(17)23-19)24-21(25)22-13-6-14-26-2/h4-5,7-12,23H,3,6,13-14H2,1-2H3,(H2,22,24,25). The number of urea groups is 1. The van der Waals surface area contributed by atoms with Crippen LogP contribution in [0, 0.1) is 0 Å². The molecule has 5 nitrogen and oxygen atoms in total. The van der Waals surface area contributed by atoms with Crippen LogP contribution >= 0.6 is 0 Å². The molecule has 0 saturated carbocycles. The molecule has 5 heteroatoms. The number of benzene rings is 2. The number of ether oxygens (including phenoxy) is 1. The third kappa shape index (κ3) is 4.06. The molecule has 1 heterocycles. The highest BCUT2D eigenvalue weighted by Gasteiger charge is 2.15. The van der Waals surface area contributed by atoms with Crippen molar-refractivity contribution >= 4 is 22.6 Å². The van der Waals surface area contributed by atoms with Crippen LogP contribution in [0.25, 0.3) is 22.2 Å². The van der Waals surface area contributed by atoms with Gasteiger partial charge in [-0.25, -0.2) is 4.79 Å². The van der Waals surface area contributed by atoms with E-state index in [0.29, 0.717) is 13.2 Å². The first kappa shape index (κ1) is 18.0.